The molecule has 0 N–H and O–H groups in total. The number of nitriles is 1. The fourth-order valence-corrected chi connectivity index (χ4v) is 6.47. The number of hydrogen-bond donors (Lipinski definition) is 0. The van der Waals surface area contributed by atoms with E-state index in [0.717, 1.165) is 0 Å². The maximum atomic E-state index is 14.0. The Labute approximate surface area is 212 Å². The van der Waals surface area contributed by atoms with Crippen LogP contribution < -0.4 is 9.64 Å². The number of hydrogen-bond acceptors (Lipinski definition) is 7. The third-order valence-electron chi connectivity index (χ3n) is 8.00. The Hall–Kier alpha value is -3.54. The number of nitrogens with zero attached hydrogens (tertiary/aromatic N) is 4. The van der Waals surface area contributed by atoms with Gasteiger partial charge in [0.05, 0.1) is 51.4 Å². The lowest BCUT2D eigenvalue weighted by Crippen LogP contribution is -2.43. The van der Waals surface area contributed by atoms with E-state index in [0.29, 0.717) is 65.3 Å². The fraction of sp³-hybridized carbons (Fsp3) is 0.370. The summed E-state index contributed by atoms with van der Waals surface area (Å²) in [7, 11) is 0. The van der Waals surface area contributed by atoms with Gasteiger partial charge in [-0.15, -0.1) is 0 Å². The quantitative estimate of drug-likeness (QED) is 0.459. The summed E-state index contributed by atoms with van der Waals surface area (Å²) in [4.78, 5) is 37.7. The molecule has 0 aliphatic carbocycles. The molecule has 3 aromatic rings. The van der Waals surface area contributed by atoms with Crippen molar-refractivity contribution >= 4 is 40.0 Å². The van der Waals surface area contributed by atoms with Crippen LogP contribution >= 0.6 is 11.6 Å². The monoisotopic (exact) mass is 502 g/mol. The highest BCUT2D eigenvalue weighted by Crippen LogP contribution is 2.63. The van der Waals surface area contributed by atoms with Gasteiger partial charge in [-0.2, -0.15) is 5.26 Å². The van der Waals surface area contributed by atoms with Crippen LogP contribution in [0.3, 0.4) is 0 Å². The summed E-state index contributed by atoms with van der Waals surface area (Å²) in [6.07, 6.45) is 5.61. The van der Waals surface area contributed by atoms with Crippen LogP contribution in [0.1, 0.15) is 38.2 Å². The molecule has 3 aliphatic rings. The molecular formula is C27H23ClN4O4. The van der Waals surface area contributed by atoms with Crippen LogP contribution in [0.4, 0.5) is 5.69 Å². The van der Waals surface area contributed by atoms with Crippen LogP contribution in [0.5, 0.6) is 5.88 Å². The molecular weight excluding hydrogens is 480 g/mol. The third kappa shape index (κ3) is 3.16. The Morgan fingerprint density at radius 1 is 1.14 bits per heavy atom. The first-order valence-electron chi connectivity index (χ1n) is 12.0. The normalized spacial score (nSPS) is 28.5. The number of carbonyl (C=O) groups excluding carboxylic acids is 2. The number of imide groups is 1. The van der Waals surface area contributed by atoms with E-state index < -0.39 is 23.0 Å². The van der Waals surface area contributed by atoms with Gasteiger partial charge in [0.2, 0.25) is 17.7 Å². The van der Waals surface area contributed by atoms with Crippen molar-refractivity contribution in [1.29, 1.82) is 5.26 Å². The number of anilines is 1. The zero-order valence-corrected chi connectivity index (χ0v) is 20.4. The lowest BCUT2D eigenvalue weighted by Gasteiger charge is -2.31. The summed E-state index contributed by atoms with van der Waals surface area (Å²) >= 11 is 5.91. The molecule has 5 heterocycles. The predicted molar refractivity (Wildman–Crippen MR) is 131 cm³/mol. The van der Waals surface area contributed by atoms with Crippen LogP contribution in [0, 0.1) is 23.2 Å². The van der Waals surface area contributed by atoms with E-state index in [1.807, 2.05) is 6.92 Å². The van der Waals surface area contributed by atoms with Crippen molar-refractivity contribution in [2.75, 3.05) is 11.5 Å². The number of benzene rings is 1. The second-order valence-corrected chi connectivity index (χ2v) is 10.0. The van der Waals surface area contributed by atoms with Gasteiger partial charge in [-0.25, -0.2) is 9.88 Å². The van der Waals surface area contributed by atoms with Crippen molar-refractivity contribution in [1.82, 2.24) is 9.97 Å². The average Bonchev–Trinajstić information content (AvgIpc) is 3.51. The number of pyridine rings is 2. The van der Waals surface area contributed by atoms with Crippen LogP contribution in [0.15, 0.2) is 48.8 Å². The standard InChI is InChI=1S/C27H23ClN4O4/c1-2-26-9-10-27(36-26,11-13-35-20-8-6-17(28)15-31-20)22-21(26)24(33)32(25(22)34)19-7-5-16(14-29)23-18(19)4-3-12-30-23/h3-8,12,15,21-22H,2,9-11,13H2,1H3/t21-,22+,26-,27-/m1/s1. The lowest BCUT2D eigenvalue weighted by atomic mass is 9.66. The number of aromatic nitrogens is 2. The first-order chi connectivity index (χ1) is 17.4. The fourth-order valence-electron chi connectivity index (χ4n) is 6.35. The van der Waals surface area contributed by atoms with E-state index in [4.69, 9.17) is 21.1 Å². The van der Waals surface area contributed by atoms with Gasteiger partial charge in [-0.3, -0.25) is 14.6 Å². The molecule has 3 aliphatic heterocycles. The Bertz CT molecular complexity index is 1440. The molecule has 8 nitrogen and oxygen atoms in total. The molecule has 3 saturated heterocycles. The zero-order valence-electron chi connectivity index (χ0n) is 19.6. The van der Waals surface area contributed by atoms with Crippen molar-refractivity contribution in [3.05, 3.63) is 59.4 Å². The van der Waals surface area contributed by atoms with Crippen LogP contribution in [0.25, 0.3) is 10.9 Å². The highest BCUT2D eigenvalue weighted by Gasteiger charge is 2.74. The second-order valence-electron chi connectivity index (χ2n) is 9.61. The Kier molecular flexibility index (Phi) is 5.25. The second kappa shape index (κ2) is 8.26. The van der Waals surface area contributed by atoms with Crippen LogP contribution in [0.2, 0.25) is 5.02 Å². The first kappa shape index (κ1) is 22.9. The summed E-state index contributed by atoms with van der Waals surface area (Å²) in [6, 6.07) is 12.3. The van der Waals surface area contributed by atoms with Crippen molar-refractivity contribution in [3.8, 4) is 11.9 Å². The number of rotatable bonds is 6. The molecule has 0 unspecified atom stereocenters. The zero-order chi connectivity index (χ0) is 25.1. The van der Waals surface area contributed by atoms with Crippen molar-refractivity contribution in [2.24, 2.45) is 11.8 Å². The molecule has 0 spiro atoms. The number of amides is 2. The van der Waals surface area contributed by atoms with Crippen molar-refractivity contribution in [2.45, 2.75) is 43.8 Å². The minimum atomic E-state index is -0.782. The molecule has 2 amide bonds. The van der Waals surface area contributed by atoms with E-state index >= 15 is 0 Å². The summed E-state index contributed by atoms with van der Waals surface area (Å²) in [5, 5.41) is 10.6. The molecule has 6 rings (SSSR count). The summed E-state index contributed by atoms with van der Waals surface area (Å²) in [5.41, 5.74) is -0.130. The summed E-state index contributed by atoms with van der Waals surface area (Å²) in [6.45, 7) is 2.30. The molecule has 2 aromatic heterocycles. The van der Waals surface area contributed by atoms with Gasteiger partial charge in [0.25, 0.3) is 0 Å². The number of fused-ring (bicyclic) bond motifs is 6. The lowest BCUT2D eigenvalue weighted by molar-refractivity contribution is -0.132. The van der Waals surface area contributed by atoms with Gasteiger partial charge in [-0.05, 0) is 49.6 Å². The van der Waals surface area contributed by atoms with E-state index in [9.17, 15) is 14.9 Å². The SMILES string of the molecule is CC[C@]12CC[C@](CCOc3ccc(Cl)cn3)(O1)[C@@H]1C(=O)N(c3ccc(C#N)c4ncccc34)C(=O)[C@@H]12. The molecule has 36 heavy (non-hydrogen) atoms. The summed E-state index contributed by atoms with van der Waals surface area (Å²) in [5.74, 6) is -1.22. The largest absolute Gasteiger partial charge is 0.478 e. The van der Waals surface area contributed by atoms with E-state index in [-0.39, 0.29) is 11.8 Å². The summed E-state index contributed by atoms with van der Waals surface area (Å²) < 4.78 is 12.5. The van der Waals surface area contributed by atoms with E-state index in [1.54, 1.807) is 42.6 Å². The molecule has 9 heteroatoms. The first-order valence-corrected chi connectivity index (χ1v) is 12.4. The van der Waals surface area contributed by atoms with E-state index in [1.165, 1.54) is 11.1 Å². The van der Waals surface area contributed by atoms with E-state index in [2.05, 4.69) is 16.0 Å². The molecule has 1 aromatic carbocycles. The van der Waals surface area contributed by atoms with Gasteiger partial charge >= 0.3 is 0 Å². The van der Waals surface area contributed by atoms with Crippen molar-refractivity contribution < 1.29 is 19.1 Å². The van der Waals surface area contributed by atoms with Gasteiger partial charge in [0.15, 0.2) is 0 Å². The Morgan fingerprint density at radius 2 is 1.92 bits per heavy atom. The van der Waals surface area contributed by atoms with Crippen LogP contribution in [-0.4, -0.2) is 39.6 Å². The molecule has 182 valence electrons. The molecule has 3 fully saturated rings. The van der Waals surface area contributed by atoms with Gasteiger partial charge in [0, 0.05) is 30.3 Å². The highest BCUT2D eigenvalue weighted by atomic mass is 35.5. The average molecular weight is 503 g/mol. The number of carbonyl (C=O) groups is 2. The van der Waals surface area contributed by atoms with Gasteiger partial charge < -0.3 is 9.47 Å². The number of halogens is 1. The third-order valence-corrected chi connectivity index (χ3v) is 8.22. The smallest absolute Gasteiger partial charge is 0.240 e. The molecule has 0 radical (unpaired) electrons. The van der Waals surface area contributed by atoms with Crippen molar-refractivity contribution in [3.63, 3.8) is 0 Å². The van der Waals surface area contributed by atoms with Gasteiger partial charge in [0.1, 0.15) is 6.07 Å². The molecule has 0 saturated carbocycles. The van der Waals surface area contributed by atoms with Crippen LogP contribution in [-0.2, 0) is 14.3 Å². The minimum Gasteiger partial charge on any atom is -0.478 e. The maximum Gasteiger partial charge on any atom is 0.240 e. The predicted octanol–water partition coefficient (Wildman–Crippen LogP) is 4.44. The topological polar surface area (TPSA) is 105 Å². The number of ether oxygens (including phenoxy) is 2. The Balaban J connectivity index is 1.35. The Morgan fingerprint density at radius 3 is 2.64 bits per heavy atom. The van der Waals surface area contributed by atoms with Gasteiger partial charge in [-0.1, -0.05) is 18.5 Å². The maximum absolute atomic E-state index is 14.0. The minimum absolute atomic E-state index is 0.247. The highest BCUT2D eigenvalue weighted by molar-refractivity contribution is 6.30. The molecule has 2 bridgehead atoms. The molecule has 4 atom stereocenters.